The molecule has 49 nitrogen and oxygen atoms in total. The number of aliphatic hydroxyl groups is 3. The van der Waals surface area contributed by atoms with Gasteiger partial charge in [0.25, 0.3) is 5.56 Å². The van der Waals surface area contributed by atoms with Crippen molar-refractivity contribution in [2.45, 2.75) is 237 Å². The van der Waals surface area contributed by atoms with Crippen molar-refractivity contribution in [3.8, 4) is 17.2 Å². The van der Waals surface area contributed by atoms with Crippen LogP contribution in [0.5, 0.6) is 17.2 Å². The van der Waals surface area contributed by atoms with E-state index in [1.807, 2.05) is 25.8 Å². The summed E-state index contributed by atoms with van der Waals surface area (Å²) >= 11 is 0. The topological polar surface area (TPSA) is 629 Å². The lowest BCUT2D eigenvalue weighted by atomic mass is 9.72. The predicted octanol–water partition coefficient (Wildman–Crippen LogP) is 0.494. The molecule has 4 aliphatic rings. The second kappa shape index (κ2) is 71.8. The lowest BCUT2D eigenvalue weighted by Gasteiger charge is -2.43. The summed E-state index contributed by atoms with van der Waals surface area (Å²) in [5.74, 6) is -8.51. The van der Waals surface area contributed by atoms with Crippen molar-refractivity contribution in [3.63, 3.8) is 0 Å². The predicted molar refractivity (Wildman–Crippen MR) is 514 cm³/mol. The van der Waals surface area contributed by atoms with Gasteiger partial charge in [0.1, 0.15) is 53.9 Å². The number of amides is 6. The number of H-pyrrole nitrogens is 1. The first-order chi connectivity index (χ1) is 70.0. The summed E-state index contributed by atoms with van der Waals surface area (Å²) < 4.78 is 146. The number of carbonyl (C=O) groups excluding carboxylic acids is 9. The minimum absolute atomic E-state index is 0.0188. The first-order valence-electron chi connectivity index (χ1n) is 49.0. The number of ether oxygens (including phenoxy) is 24. The van der Waals surface area contributed by atoms with Crippen LogP contribution in [0, 0.1) is 5.82 Å². The average Bonchev–Trinajstić information content (AvgIpc) is 0.719. The van der Waals surface area contributed by atoms with Crippen molar-refractivity contribution in [1.82, 2.24) is 41.5 Å². The molecule has 14 N–H and O–H groups in total. The quantitative estimate of drug-likeness (QED) is 0.0163. The highest BCUT2D eigenvalue weighted by Crippen LogP contribution is 2.53. The van der Waals surface area contributed by atoms with E-state index in [1.165, 1.54) is 46.5 Å². The zero-order valence-electron chi connectivity index (χ0n) is 86.3. The maximum atomic E-state index is 14.1. The molecule has 1 aromatic heterocycles. The number of Topliss-reactive ketones (excluding diaryl/α,β-unsaturated/α-hetero) is 1. The molecule has 2 fully saturated rings. The average molecular weight is 2100 g/mol. The molecule has 2 aromatic carbocycles. The molecule has 2 aliphatic heterocycles. The van der Waals surface area contributed by atoms with E-state index in [0.717, 1.165) is 23.8 Å². The lowest BCUT2D eigenvalue weighted by molar-refractivity contribution is -0.249. The monoisotopic (exact) mass is 2090 g/mol. The normalized spacial score (nSPS) is 19.9. The van der Waals surface area contributed by atoms with Gasteiger partial charge in [0.15, 0.2) is 49.3 Å². The van der Waals surface area contributed by atoms with E-state index in [0.29, 0.717) is 106 Å². The number of halogens is 1. The minimum Gasteiger partial charge on any atom is -0.507 e. The molecule has 0 radical (unpaired) electrons. The maximum Gasteiger partial charge on any atom is 0.330 e. The number of aromatic amines is 1. The molecule has 0 bridgehead atoms. The van der Waals surface area contributed by atoms with Gasteiger partial charge in [-0.25, -0.2) is 4.79 Å². The number of aromatic hydroxyl groups is 2. The van der Waals surface area contributed by atoms with Crippen LogP contribution in [0.3, 0.4) is 0 Å². The Labute approximate surface area is 849 Å². The van der Waals surface area contributed by atoms with Crippen LogP contribution >= 0.6 is 0 Å². The van der Waals surface area contributed by atoms with Crippen LogP contribution < -0.4 is 53.6 Å². The fourth-order valence-corrected chi connectivity index (χ4v) is 14.8. The molecular weight excluding hydrogens is 1940 g/mol. The smallest absolute Gasteiger partial charge is 0.330 e. The molecule has 0 saturated carbocycles. The molecule has 11 unspecified atom stereocenters. The number of phenolic OH excluding ortho intramolecular Hbond substituents is 2. The molecule has 3 aromatic rings. The Morgan fingerprint density at radius 2 is 1.05 bits per heavy atom. The number of nitrogens with zero attached hydrogens (tertiary/aromatic N) is 1. The Morgan fingerprint density at radius 3 is 1.58 bits per heavy atom. The van der Waals surface area contributed by atoms with Gasteiger partial charge in [-0.2, -0.15) is 4.39 Å². The number of methoxy groups -OCH3 is 5. The van der Waals surface area contributed by atoms with Gasteiger partial charge in [-0.05, 0) is 80.7 Å². The molecule has 2 aliphatic carbocycles. The highest BCUT2D eigenvalue weighted by atomic mass is 19.1. The Bertz CT molecular complexity index is 4470. The van der Waals surface area contributed by atoms with Gasteiger partial charge < -0.3 is 177 Å². The van der Waals surface area contributed by atoms with Crippen LogP contribution in [0.25, 0.3) is 0 Å². The third-order valence-corrected chi connectivity index (χ3v) is 22.5. The van der Waals surface area contributed by atoms with Crippen molar-refractivity contribution < 1.29 is 187 Å². The summed E-state index contributed by atoms with van der Waals surface area (Å²) in [6, 6.07) is 1.13. The van der Waals surface area contributed by atoms with Crippen LogP contribution in [0.15, 0.2) is 34.0 Å². The summed E-state index contributed by atoms with van der Waals surface area (Å²) in [7, 11) is 7.47. The number of ketones is 3. The van der Waals surface area contributed by atoms with E-state index >= 15 is 0 Å². The Morgan fingerprint density at radius 1 is 0.562 bits per heavy atom. The molecule has 3 heterocycles. The summed E-state index contributed by atoms with van der Waals surface area (Å²) in [6.45, 7) is 24.3. The SMILES string of the molecule is CCCOCCOC(C)OC.COCCOCCNC(=O)C(N)CCC(=O)NCCOCCOC(C)OCCOCCOC(C)O[C@@H]1C[C@H](n2cc(F)c(=O)[nH]c2=O)O[C@@H]1COC.COc1cccc2c1C(=O)c1c(O)c3c(c(O)c1C2=O)C[C@@](O)(C(=O)CO)C[C@@H]3OC1CC(NC(=O)CCC(=O)NC(CCC(=O)NCCOCCOC(C)OCCOCCOC(C)C)C(=O)NCCOCCOC(C)OC)C(O)C(C)O1. The number of nitrogens with two attached hydrogens (primary N) is 1. The molecular formula is C96H156FN9O40. The largest absolute Gasteiger partial charge is 0.507 e. The second-order valence-corrected chi connectivity index (χ2v) is 34.0. The molecule has 832 valence electrons. The number of rotatable bonds is 74. The van der Waals surface area contributed by atoms with Gasteiger partial charge in [-0.1, -0.05) is 19.1 Å². The third-order valence-electron chi connectivity index (χ3n) is 22.5. The van der Waals surface area contributed by atoms with Crippen molar-refractivity contribution in [2.75, 3.05) is 227 Å². The van der Waals surface area contributed by atoms with Gasteiger partial charge in [-0.3, -0.25) is 57.5 Å². The van der Waals surface area contributed by atoms with Crippen molar-refractivity contribution >= 4 is 52.8 Å². The standard InChI is InChI=1S/C56H82N4O23.C32H56FN5O14.C8H18O3/c1-31(2)78-23-19-77-22-26-81-34(5)80-25-21-75-17-15-57-42(63)12-11-37(55(71)58-16-18-76-20-24-79-33(4)73-6)59-43(64)13-14-44(65)60-38-27-45(82-32(3)50(38)66)83-40-29-56(72,41(62)30-61)28-36-47(40)54(70)49-48(52(36)68)51(67)35-9-8-10-39(74-7)46(35)53(49)69;1-22(48-16-13-46-9-7-35-28(39)6-5-25(34)31(41)36-8-10-45-12-11-43-3)49-17-14-47-15-18-50-23(2)51-26-19-29(52-27(26)21-44-4)38-20-24(33)30(40)37-32(38)42;1-4-5-10-6-7-11-8(2)9-3/h8-10,31-34,37-38,40,45,50,61,66,68,70,72H,11-30H2,1-7H3,(H,57,63)(H,58,71)(H,59,64)(H,60,65);20,22-23,25-27,29H,5-19,21,34H2,1-4H3,(H,35,39)(H,36,41)(H,37,40,42);8H,4-7H2,1-3H3/t32?,33?,34?,37?,38?,40-,45?,50?,56-;22?,23?,25?,26-,27-,29-;/m01./s1. The fraction of sp³-hybridized carbons (Fsp3) is 0.740. The number of phenols is 2. The number of hydrogen-bond donors (Lipinski definition) is 13. The second-order valence-electron chi connectivity index (χ2n) is 34.0. The zero-order chi connectivity index (χ0) is 107. The number of aromatic nitrogens is 2. The Balaban J connectivity index is 0.000000505. The number of carbonyl (C=O) groups is 9. The lowest BCUT2D eigenvalue weighted by Crippen LogP contribution is -2.56. The van der Waals surface area contributed by atoms with Crippen molar-refractivity contribution in [2.24, 2.45) is 5.73 Å². The van der Waals surface area contributed by atoms with Crippen molar-refractivity contribution in [1.29, 1.82) is 0 Å². The summed E-state index contributed by atoms with van der Waals surface area (Å²) in [6.07, 6.45) is -9.72. The van der Waals surface area contributed by atoms with Crippen LogP contribution in [0.4, 0.5) is 4.39 Å². The molecule has 0 spiro atoms. The number of hydrogen-bond acceptors (Lipinski definition) is 41. The Kier molecular flexibility index (Phi) is 62.8. The van der Waals surface area contributed by atoms with E-state index in [4.69, 9.17) is 119 Å². The van der Waals surface area contributed by atoms with Crippen LogP contribution in [0.1, 0.15) is 182 Å². The highest BCUT2D eigenvalue weighted by molar-refractivity contribution is 6.31. The maximum absolute atomic E-state index is 14.1. The summed E-state index contributed by atoms with van der Waals surface area (Å²) in [4.78, 5) is 144. The van der Waals surface area contributed by atoms with Crippen molar-refractivity contribution in [3.05, 3.63) is 84.4 Å². The van der Waals surface area contributed by atoms with E-state index < -0.39 is 205 Å². The van der Waals surface area contributed by atoms with Gasteiger partial charge in [0.2, 0.25) is 47.0 Å². The molecule has 16 atom stereocenters. The van der Waals surface area contributed by atoms with Crippen LogP contribution in [-0.2, 0) is 149 Å². The minimum atomic E-state index is -2.43. The summed E-state index contributed by atoms with van der Waals surface area (Å²) in [5.41, 5.74) is -0.512. The summed E-state index contributed by atoms with van der Waals surface area (Å²) in [5, 5.41) is 72.4. The number of aliphatic hydroxyl groups excluding tert-OH is 2. The first kappa shape index (κ1) is 128. The van der Waals surface area contributed by atoms with E-state index in [9.17, 15) is 82.7 Å². The van der Waals surface area contributed by atoms with Gasteiger partial charge >= 0.3 is 5.69 Å². The highest BCUT2D eigenvalue weighted by Gasteiger charge is 2.51. The van der Waals surface area contributed by atoms with E-state index in [1.54, 1.807) is 41.9 Å². The number of nitrogens with one attached hydrogen (secondary N) is 7. The zero-order valence-corrected chi connectivity index (χ0v) is 86.3. The first-order valence-corrected chi connectivity index (χ1v) is 49.0. The Hall–Kier alpha value is -8.80. The molecule has 146 heavy (non-hydrogen) atoms. The fourth-order valence-electron chi connectivity index (χ4n) is 14.8. The molecule has 7 rings (SSSR count). The number of fused-ring (bicyclic) bond motifs is 3. The van der Waals surface area contributed by atoms with Crippen LogP contribution in [-0.4, -0.2) is 407 Å². The van der Waals surface area contributed by atoms with Crippen LogP contribution in [0.2, 0.25) is 0 Å². The molecule has 50 heteroatoms. The van der Waals surface area contributed by atoms with Gasteiger partial charge in [0.05, 0.1) is 218 Å². The van der Waals surface area contributed by atoms with E-state index in [-0.39, 0.29) is 163 Å². The molecule has 6 amide bonds. The van der Waals surface area contributed by atoms with Gasteiger partial charge in [-0.15, -0.1) is 0 Å². The number of benzene rings is 2. The van der Waals surface area contributed by atoms with Gasteiger partial charge in [0, 0.05) is 129 Å². The molecule has 2 saturated heterocycles. The van der Waals surface area contributed by atoms with E-state index in [2.05, 4.69) is 38.8 Å². The third kappa shape index (κ3) is 46.8.